The van der Waals surface area contributed by atoms with Crippen molar-refractivity contribution in [1.29, 1.82) is 0 Å². The van der Waals surface area contributed by atoms with E-state index in [9.17, 15) is 28.8 Å². The summed E-state index contributed by atoms with van der Waals surface area (Å²) in [5.41, 5.74) is -0.737. The van der Waals surface area contributed by atoms with Crippen molar-refractivity contribution in [3.8, 4) is 0 Å². The van der Waals surface area contributed by atoms with Gasteiger partial charge in [-0.25, -0.2) is 4.79 Å². The van der Waals surface area contributed by atoms with Gasteiger partial charge in [0, 0.05) is 6.54 Å². The van der Waals surface area contributed by atoms with Crippen molar-refractivity contribution in [2.75, 3.05) is 19.7 Å². The maximum absolute atomic E-state index is 13.8. The molecular weight excluding hydrogens is 532 g/mol. The zero-order valence-corrected chi connectivity index (χ0v) is 24.8. The fraction of sp³-hybridized carbons (Fsp3) is 0.724. The van der Waals surface area contributed by atoms with E-state index >= 15 is 0 Å². The van der Waals surface area contributed by atoms with Gasteiger partial charge in [0.05, 0.1) is 6.04 Å². The lowest BCUT2D eigenvalue weighted by molar-refractivity contribution is -0.145. The highest BCUT2D eigenvalue weighted by Crippen LogP contribution is 2.29. The third-order valence-electron chi connectivity index (χ3n) is 7.09. The number of carbonyl (C=O) groups excluding carboxylic acids is 6. The number of esters is 1. The molecule has 1 aliphatic carbocycles. The number of Topliss-reactive ketones (excluding diaryl/α,β-unsaturated/α-hetero) is 1. The molecule has 1 unspecified atom stereocenters. The summed E-state index contributed by atoms with van der Waals surface area (Å²) < 4.78 is 10.2. The Morgan fingerprint density at radius 2 is 1.68 bits per heavy atom. The Kier molecular flexibility index (Phi) is 13.3. The third-order valence-corrected chi connectivity index (χ3v) is 7.09. The summed E-state index contributed by atoms with van der Waals surface area (Å²) in [5.74, 6) is -3.61. The van der Waals surface area contributed by atoms with Gasteiger partial charge in [0.25, 0.3) is 5.91 Å². The predicted octanol–water partition coefficient (Wildman–Crippen LogP) is 2.15. The largest absolute Gasteiger partial charge is 0.460 e. The van der Waals surface area contributed by atoms with Crippen LogP contribution in [0, 0.1) is 5.92 Å². The second-order valence-electron chi connectivity index (χ2n) is 11.6. The molecule has 230 valence electrons. The van der Waals surface area contributed by atoms with Gasteiger partial charge in [0.2, 0.25) is 17.6 Å². The molecule has 41 heavy (non-hydrogen) atoms. The lowest BCUT2D eigenvalue weighted by Crippen LogP contribution is -2.58. The molecular formula is C29H46N4O8. The fourth-order valence-corrected chi connectivity index (χ4v) is 5.19. The molecule has 3 atom stereocenters. The number of nitrogens with zero attached hydrogens (tertiary/aromatic N) is 1. The minimum Gasteiger partial charge on any atom is -0.460 e. The van der Waals surface area contributed by atoms with Crippen molar-refractivity contribution in [2.45, 2.75) is 109 Å². The number of nitrogens with one attached hydrogen (secondary N) is 3. The summed E-state index contributed by atoms with van der Waals surface area (Å²) in [7, 11) is 0. The van der Waals surface area contributed by atoms with Gasteiger partial charge in [-0.3, -0.25) is 24.0 Å². The quantitative estimate of drug-likeness (QED) is 0.170. The third kappa shape index (κ3) is 10.8. The fourth-order valence-electron chi connectivity index (χ4n) is 5.19. The summed E-state index contributed by atoms with van der Waals surface area (Å²) in [6, 6.07) is -2.81. The Morgan fingerprint density at radius 3 is 2.29 bits per heavy atom. The van der Waals surface area contributed by atoms with Crippen molar-refractivity contribution in [3.63, 3.8) is 0 Å². The van der Waals surface area contributed by atoms with E-state index in [1.807, 2.05) is 0 Å². The zero-order chi connectivity index (χ0) is 30.6. The van der Waals surface area contributed by atoms with Crippen LogP contribution in [0.3, 0.4) is 0 Å². The molecule has 0 radical (unpaired) electrons. The van der Waals surface area contributed by atoms with E-state index in [1.165, 1.54) is 11.0 Å². The number of ether oxygens (including phenoxy) is 2. The smallest absolute Gasteiger partial charge is 0.408 e. The van der Waals surface area contributed by atoms with Gasteiger partial charge < -0.3 is 30.3 Å². The summed E-state index contributed by atoms with van der Waals surface area (Å²) in [5, 5.41) is 7.65. The van der Waals surface area contributed by atoms with Crippen LogP contribution >= 0.6 is 0 Å². The Balaban J connectivity index is 2.11. The van der Waals surface area contributed by atoms with E-state index < -0.39 is 59.9 Å². The topological polar surface area (TPSA) is 160 Å². The van der Waals surface area contributed by atoms with E-state index in [0.29, 0.717) is 25.8 Å². The van der Waals surface area contributed by atoms with Crippen molar-refractivity contribution < 1.29 is 38.2 Å². The first-order chi connectivity index (χ1) is 19.4. The number of hydrogen-bond donors (Lipinski definition) is 3. The Bertz CT molecular complexity index is 970. The van der Waals surface area contributed by atoms with Crippen LogP contribution in [0.2, 0.25) is 0 Å². The average molecular weight is 579 g/mol. The number of ketones is 1. The number of amides is 4. The lowest BCUT2D eigenvalue weighted by atomic mass is 9.83. The van der Waals surface area contributed by atoms with Crippen molar-refractivity contribution in [2.24, 2.45) is 5.92 Å². The van der Waals surface area contributed by atoms with Crippen molar-refractivity contribution in [3.05, 3.63) is 12.7 Å². The summed E-state index contributed by atoms with van der Waals surface area (Å²) in [6.07, 6.45) is 6.87. The SMILES string of the molecule is C=CCOC(=O)CNC(=O)C(=O)C(CCC)NC(=O)[C@@H]1CCCN1C(=O)[C@@H](NC(=O)OC(C)(C)C)C1CCCCC1. The average Bonchev–Trinajstić information content (AvgIpc) is 3.42. The molecule has 12 nitrogen and oxygen atoms in total. The van der Waals surface area contributed by atoms with Crippen LogP contribution in [0.5, 0.6) is 0 Å². The van der Waals surface area contributed by atoms with Crippen LogP contribution in [0.1, 0.15) is 85.5 Å². The highest BCUT2D eigenvalue weighted by Gasteiger charge is 2.42. The van der Waals surface area contributed by atoms with Gasteiger partial charge in [-0.05, 0) is 58.8 Å². The van der Waals surface area contributed by atoms with Gasteiger partial charge >= 0.3 is 12.1 Å². The zero-order valence-electron chi connectivity index (χ0n) is 24.8. The molecule has 0 spiro atoms. The van der Waals surface area contributed by atoms with E-state index in [1.54, 1.807) is 27.7 Å². The Hall–Kier alpha value is -3.44. The molecule has 0 aromatic carbocycles. The highest BCUT2D eigenvalue weighted by molar-refractivity contribution is 6.38. The molecule has 12 heteroatoms. The van der Waals surface area contributed by atoms with Gasteiger partial charge in [0.1, 0.15) is 30.8 Å². The first-order valence-electron chi connectivity index (χ1n) is 14.6. The molecule has 2 fully saturated rings. The van der Waals surface area contributed by atoms with Crippen LogP contribution in [-0.4, -0.2) is 83.9 Å². The second kappa shape index (κ2) is 16.1. The van der Waals surface area contributed by atoms with Gasteiger partial charge in [-0.2, -0.15) is 0 Å². The van der Waals surface area contributed by atoms with Gasteiger partial charge in [-0.1, -0.05) is 45.3 Å². The maximum atomic E-state index is 13.8. The molecule has 3 N–H and O–H groups in total. The minimum atomic E-state index is -1.12. The van der Waals surface area contributed by atoms with Crippen LogP contribution in [0.25, 0.3) is 0 Å². The Labute approximate surface area is 242 Å². The van der Waals surface area contributed by atoms with Crippen LogP contribution in [0.4, 0.5) is 4.79 Å². The standard InChI is InChI=1S/C29H46N4O8/c1-6-12-20(24(35)26(37)30-18-22(34)40-17-7-2)31-25(36)21-15-11-16-33(21)27(38)23(19-13-9-8-10-14-19)32-28(39)41-29(3,4)5/h7,19-21,23H,2,6,8-18H2,1,3-5H3,(H,30,37)(H,31,36)(H,32,39)/t20?,21-,23-/m0/s1. The first kappa shape index (κ1) is 33.8. The first-order valence-corrected chi connectivity index (χ1v) is 14.6. The summed E-state index contributed by atoms with van der Waals surface area (Å²) in [6.45, 7) is 10.3. The molecule has 1 aliphatic heterocycles. The number of likely N-dealkylation sites (tertiary alicyclic amines) is 1. The van der Waals surface area contributed by atoms with Crippen molar-refractivity contribution in [1.82, 2.24) is 20.9 Å². The molecule has 1 saturated heterocycles. The van der Waals surface area contributed by atoms with Gasteiger partial charge in [0.15, 0.2) is 0 Å². The molecule has 4 amide bonds. The molecule has 2 rings (SSSR count). The number of carbonyl (C=O) groups is 6. The molecule has 1 heterocycles. The number of rotatable bonds is 13. The van der Waals surface area contributed by atoms with E-state index in [4.69, 9.17) is 9.47 Å². The normalized spacial score (nSPS) is 18.9. The van der Waals surface area contributed by atoms with Crippen LogP contribution in [0.15, 0.2) is 12.7 Å². The van der Waals surface area contributed by atoms with E-state index in [2.05, 4.69) is 22.5 Å². The van der Waals surface area contributed by atoms with Gasteiger partial charge in [-0.15, -0.1) is 0 Å². The summed E-state index contributed by atoms with van der Waals surface area (Å²) >= 11 is 0. The molecule has 1 saturated carbocycles. The van der Waals surface area contributed by atoms with Crippen LogP contribution in [-0.2, 0) is 33.4 Å². The van der Waals surface area contributed by atoms with Crippen molar-refractivity contribution >= 4 is 35.6 Å². The Morgan fingerprint density at radius 1 is 1.00 bits per heavy atom. The molecule has 2 aliphatic rings. The molecule has 0 bridgehead atoms. The lowest BCUT2D eigenvalue weighted by Gasteiger charge is -2.35. The highest BCUT2D eigenvalue weighted by atomic mass is 16.6. The number of hydrogen-bond acceptors (Lipinski definition) is 8. The molecule has 0 aromatic heterocycles. The number of alkyl carbamates (subject to hydrolysis) is 1. The summed E-state index contributed by atoms with van der Waals surface area (Å²) in [4.78, 5) is 78.2. The van der Waals surface area contributed by atoms with E-state index in [0.717, 1.165) is 32.1 Å². The van der Waals surface area contributed by atoms with E-state index in [-0.39, 0.29) is 24.9 Å². The minimum absolute atomic E-state index is 0.0251. The monoisotopic (exact) mass is 578 g/mol. The second-order valence-corrected chi connectivity index (χ2v) is 11.6. The maximum Gasteiger partial charge on any atom is 0.408 e. The predicted molar refractivity (Wildman–Crippen MR) is 150 cm³/mol. The van der Waals surface area contributed by atoms with Crippen LogP contribution < -0.4 is 16.0 Å². The molecule has 0 aromatic rings.